The largest absolute Gasteiger partial charge is 0.349 e. The van der Waals surface area contributed by atoms with Gasteiger partial charge in [0.25, 0.3) is 0 Å². The molecule has 0 saturated carbocycles. The molecule has 6 nitrogen and oxygen atoms in total. The van der Waals surface area contributed by atoms with Crippen molar-refractivity contribution in [3.05, 3.63) is 41.9 Å². The average molecular weight is 242 g/mol. The van der Waals surface area contributed by atoms with Gasteiger partial charge in [-0.05, 0) is 18.6 Å². The molecule has 0 saturated heterocycles. The van der Waals surface area contributed by atoms with Crippen LogP contribution >= 0.6 is 0 Å². The highest BCUT2D eigenvalue weighted by Crippen LogP contribution is 2.10. The summed E-state index contributed by atoms with van der Waals surface area (Å²) in [5.74, 6) is 0.633. The Kier molecular flexibility index (Phi) is 2.47. The lowest BCUT2D eigenvalue weighted by atomic mass is 10.3. The van der Waals surface area contributed by atoms with Gasteiger partial charge in [-0.1, -0.05) is 6.07 Å². The fourth-order valence-electron chi connectivity index (χ4n) is 1.86. The molecule has 6 heteroatoms. The van der Waals surface area contributed by atoms with Gasteiger partial charge in [-0.25, -0.2) is 4.52 Å². The predicted molar refractivity (Wildman–Crippen MR) is 68.3 cm³/mol. The van der Waals surface area contributed by atoms with Gasteiger partial charge in [-0.2, -0.15) is 10.1 Å². The van der Waals surface area contributed by atoms with E-state index in [0.717, 1.165) is 16.8 Å². The van der Waals surface area contributed by atoms with Gasteiger partial charge in [0.15, 0.2) is 5.65 Å². The van der Waals surface area contributed by atoms with E-state index in [0.29, 0.717) is 12.5 Å². The van der Waals surface area contributed by atoms with Crippen molar-refractivity contribution in [3.63, 3.8) is 0 Å². The van der Waals surface area contributed by atoms with Crippen LogP contribution in [0.2, 0.25) is 0 Å². The summed E-state index contributed by atoms with van der Waals surface area (Å²) in [6.45, 7) is 2.69. The van der Waals surface area contributed by atoms with E-state index >= 15 is 0 Å². The topological polar surface area (TPSA) is 60.0 Å². The number of rotatable bonds is 3. The lowest BCUT2D eigenvalue weighted by Crippen LogP contribution is -2.00. The van der Waals surface area contributed by atoms with Crippen LogP contribution in [0.5, 0.6) is 0 Å². The van der Waals surface area contributed by atoms with Crippen molar-refractivity contribution in [2.75, 3.05) is 5.32 Å². The van der Waals surface area contributed by atoms with Crippen LogP contribution in [-0.2, 0) is 13.6 Å². The Balaban J connectivity index is 1.81. The standard InChI is InChI=1S/C12H14N6/c1-9-4-3-5-18-11(9)15-12(16-18)13-6-10-7-14-17(2)8-10/h3-5,7-8H,6H2,1-2H3,(H,13,16). The van der Waals surface area contributed by atoms with Crippen LogP contribution in [0.15, 0.2) is 30.7 Å². The number of nitrogens with one attached hydrogen (secondary N) is 1. The number of hydrogen-bond acceptors (Lipinski definition) is 4. The van der Waals surface area contributed by atoms with Crippen LogP contribution < -0.4 is 5.32 Å². The third-order valence-electron chi connectivity index (χ3n) is 2.77. The summed E-state index contributed by atoms with van der Waals surface area (Å²) < 4.78 is 3.55. The van der Waals surface area contributed by atoms with Crippen LogP contribution in [0.4, 0.5) is 5.95 Å². The minimum absolute atomic E-state index is 0.633. The first-order chi connectivity index (χ1) is 8.72. The number of nitrogens with zero attached hydrogens (tertiary/aromatic N) is 5. The number of fused-ring (bicyclic) bond motifs is 1. The molecular weight excluding hydrogens is 228 g/mol. The number of hydrogen-bond donors (Lipinski definition) is 1. The van der Waals surface area contributed by atoms with E-state index in [1.165, 1.54) is 0 Å². The molecule has 3 heterocycles. The minimum Gasteiger partial charge on any atom is -0.349 e. The molecule has 18 heavy (non-hydrogen) atoms. The second kappa shape index (κ2) is 4.14. The van der Waals surface area contributed by atoms with Crippen molar-refractivity contribution in [1.82, 2.24) is 24.4 Å². The Morgan fingerprint density at radius 1 is 1.39 bits per heavy atom. The number of aromatic nitrogens is 5. The zero-order valence-electron chi connectivity index (χ0n) is 10.3. The van der Waals surface area contributed by atoms with E-state index in [4.69, 9.17) is 0 Å². The fourth-order valence-corrected chi connectivity index (χ4v) is 1.86. The maximum atomic E-state index is 4.45. The van der Waals surface area contributed by atoms with Gasteiger partial charge >= 0.3 is 0 Å². The van der Waals surface area contributed by atoms with E-state index in [-0.39, 0.29) is 0 Å². The molecule has 0 aliphatic carbocycles. The second-order valence-electron chi connectivity index (χ2n) is 4.27. The molecule has 0 atom stereocenters. The molecule has 1 N–H and O–H groups in total. The zero-order valence-corrected chi connectivity index (χ0v) is 10.3. The monoisotopic (exact) mass is 242 g/mol. The van der Waals surface area contributed by atoms with Gasteiger partial charge in [0.05, 0.1) is 6.20 Å². The molecule has 0 amide bonds. The Hall–Kier alpha value is -2.37. The first-order valence-corrected chi connectivity index (χ1v) is 5.76. The average Bonchev–Trinajstić information content (AvgIpc) is 2.93. The van der Waals surface area contributed by atoms with Gasteiger partial charge < -0.3 is 5.32 Å². The molecule has 3 rings (SSSR count). The molecule has 0 fully saturated rings. The van der Waals surface area contributed by atoms with Crippen LogP contribution in [0.25, 0.3) is 5.65 Å². The lowest BCUT2D eigenvalue weighted by Gasteiger charge is -1.96. The maximum Gasteiger partial charge on any atom is 0.243 e. The molecular formula is C12H14N6. The van der Waals surface area contributed by atoms with Gasteiger partial charge in [0, 0.05) is 31.5 Å². The van der Waals surface area contributed by atoms with Crippen molar-refractivity contribution in [1.29, 1.82) is 0 Å². The smallest absolute Gasteiger partial charge is 0.243 e. The summed E-state index contributed by atoms with van der Waals surface area (Å²) in [7, 11) is 1.90. The lowest BCUT2D eigenvalue weighted by molar-refractivity contribution is 0.767. The number of anilines is 1. The van der Waals surface area contributed by atoms with Crippen molar-refractivity contribution in [3.8, 4) is 0 Å². The summed E-state index contributed by atoms with van der Waals surface area (Å²) >= 11 is 0. The SMILES string of the molecule is Cc1cccn2nc(NCc3cnn(C)c3)nc12. The summed E-state index contributed by atoms with van der Waals surface area (Å²) in [6.07, 6.45) is 5.69. The van der Waals surface area contributed by atoms with Crippen LogP contribution in [-0.4, -0.2) is 24.4 Å². The normalized spacial score (nSPS) is 11.0. The molecule has 3 aromatic rings. The van der Waals surface area contributed by atoms with Gasteiger partial charge in [-0.3, -0.25) is 4.68 Å². The molecule has 0 aliphatic rings. The molecule has 0 radical (unpaired) electrons. The molecule has 0 spiro atoms. The van der Waals surface area contributed by atoms with Crippen molar-refractivity contribution in [2.24, 2.45) is 7.05 Å². The third-order valence-corrected chi connectivity index (χ3v) is 2.77. The first kappa shape index (κ1) is 10.8. The minimum atomic E-state index is 0.633. The molecule has 0 aromatic carbocycles. The third kappa shape index (κ3) is 1.92. The van der Waals surface area contributed by atoms with Crippen molar-refractivity contribution < 1.29 is 0 Å². The quantitative estimate of drug-likeness (QED) is 0.754. The summed E-state index contributed by atoms with van der Waals surface area (Å²) in [5.41, 5.74) is 3.10. The first-order valence-electron chi connectivity index (χ1n) is 5.76. The highest BCUT2D eigenvalue weighted by Gasteiger charge is 2.05. The summed E-state index contributed by atoms with van der Waals surface area (Å²) in [5, 5.41) is 11.7. The number of aryl methyl sites for hydroxylation is 2. The van der Waals surface area contributed by atoms with Crippen LogP contribution in [0.3, 0.4) is 0 Å². The van der Waals surface area contributed by atoms with Crippen LogP contribution in [0.1, 0.15) is 11.1 Å². The summed E-state index contributed by atoms with van der Waals surface area (Å²) in [6, 6.07) is 3.98. The molecule has 92 valence electrons. The van der Waals surface area contributed by atoms with E-state index < -0.39 is 0 Å². The van der Waals surface area contributed by atoms with E-state index in [9.17, 15) is 0 Å². The fraction of sp³-hybridized carbons (Fsp3) is 0.250. The second-order valence-corrected chi connectivity index (χ2v) is 4.27. The number of pyridine rings is 1. The van der Waals surface area contributed by atoms with Crippen molar-refractivity contribution in [2.45, 2.75) is 13.5 Å². The Morgan fingerprint density at radius 3 is 3.00 bits per heavy atom. The van der Waals surface area contributed by atoms with Crippen LogP contribution in [0, 0.1) is 6.92 Å². The van der Waals surface area contributed by atoms with Gasteiger partial charge in [-0.15, -0.1) is 5.10 Å². The highest BCUT2D eigenvalue weighted by atomic mass is 15.3. The zero-order chi connectivity index (χ0) is 12.5. The Labute approximate surface area is 104 Å². The van der Waals surface area contributed by atoms with Gasteiger partial charge in [0.2, 0.25) is 5.95 Å². The summed E-state index contributed by atoms with van der Waals surface area (Å²) in [4.78, 5) is 4.45. The van der Waals surface area contributed by atoms with E-state index in [1.807, 2.05) is 44.7 Å². The Bertz CT molecular complexity index is 681. The van der Waals surface area contributed by atoms with Gasteiger partial charge in [0.1, 0.15) is 0 Å². The molecule has 0 aliphatic heterocycles. The Morgan fingerprint density at radius 2 is 2.28 bits per heavy atom. The van der Waals surface area contributed by atoms with E-state index in [2.05, 4.69) is 20.5 Å². The highest BCUT2D eigenvalue weighted by molar-refractivity contribution is 5.49. The predicted octanol–water partition coefficient (Wildman–Crippen LogP) is 1.38. The molecule has 0 bridgehead atoms. The van der Waals surface area contributed by atoms with Crippen molar-refractivity contribution >= 4 is 11.6 Å². The molecule has 3 aromatic heterocycles. The van der Waals surface area contributed by atoms with E-state index in [1.54, 1.807) is 9.20 Å². The maximum absolute atomic E-state index is 4.45. The molecule has 0 unspecified atom stereocenters.